The first-order valence-electron chi connectivity index (χ1n) is 14.1. The van der Waals surface area contributed by atoms with E-state index in [1.165, 1.54) is 47.5 Å². The van der Waals surface area contributed by atoms with E-state index in [2.05, 4.69) is 125 Å². The van der Waals surface area contributed by atoms with E-state index >= 15 is 0 Å². The van der Waals surface area contributed by atoms with E-state index < -0.39 is 0 Å². The minimum Gasteiger partial charge on any atom is -0.292 e. The number of fused-ring (bicyclic) bond motifs is 9. The van der Waals surface area contributed by atoms with E-state index in [0.29, 0.717) is 0 Å². The maximum Gasteiger partial charge on any atom is 0.145 e. The number of imidazole rings is 1. The second-order valence-corrected chi connectivity index (χ2v) is 11.7. The molecule has 3 aromatic heterocycles. The molecule has 3 heterocycles. The minimum atomic E-state index is 0.908. The number of benzene rings is 6. The topological polar surface area (TPSA) is 30.7 Å². The molecule has 4 heteroatoms. The fourth-order valence-corrected chi connectivity index (χ4v) is 7.68. The van der Waals surface area contributed by atoms with Crippen LogP contribution in [0.5, 0.6) is 0 Å². The third-order valence-electron chi connectivity index (χ3n) is 8.29. The number of hydrogen-bond donors (Lipinski definition) is 0. The molecular formula is C38H23N3S. The summed E-state index contributed by atoms with van der Waals surface area (Å²) in [5, 5.41) is 7.42. The van der Waals surface area contributed by atoms with Crippen LogP contribution < -0.4 is 0 Å². The fraction of sp³-hybridized carbons (Fsp3) is 0. The lowest BCUT2D eigenvalue weighted by Crippen LogP contribution is -1.99. The Hall–Kier alpha value is -5.32. The van der Waals surface area contributed by atoms with Gasteiger partial charge in [0.15, 0.2) is 0 Å². The van der Waals surface area contributed by atoms with Crippen molar-refractivity contribution in [1.82, 2.24) is 14.5 Å². The quantitative estimate of drug-likeness (QED) is 0.204. The third kappa shape index (κ3) is 3.39. The van der Waals surface area contributed by atoms with Gasteiger partial charge in [-0.1, -0.05) is 97.1 Å². The van der Waals surface area contributed by atoms with Crippen molar-refractivity contribution >= 4 is 64.1 Å². The van der Waals surface area contributed by atoms with Crippen LogP contribution in [-0.2, 0) is 0 Å². The van der Waals surface area contributed by atoms with Crippen LogP contribution in [0.4, 0.5) is 0 Å². The van der Waals surface area contributed by atoms with E-state index in [0.717, 1.165) is 33.5 Å². The second kappa shape index (κ2) is 9.10. The molecule has 0 saturated heterocycles. The van der Waals surface area contributed by atoms with Crippen molar-refractivity contribution in [2.24, 2.45) is 0 Å². The van der Waals surface area contributed by atoms with Crippen LogP contribution in [0, 0.1) is 0 Å². The molecule has 0 aliphatic carbocycles. The molecule has 0 bridgehead atoms. The van der Waals surface area contributed by atoms with E-state index in [1.807, 2.05) is 35.9 Å². The maximum atomic E-state index is 5.36. The van der Waals surface area contributed by atoms with Crippen molar-refractivity contribution < 1.29 is 0 Å². The molecular weight excluding hydrogens is 531 g/mol. The summed E-state index contributed by atoms with van der Waals surface area (Å²) < 4.78 is 4.97. The zero-order valence-corrected chi connectivity index (χ0v) is 23.3. The van der Waals surface area contributed by atoms with Crippen molar-refractivity contribution in [2.75, 3.05) is 0 Å². The van der Waals surface area contributed by atoms with Gasteiger partial charge >= 0.3 is 0 Å². The van der Waals surface area contributed by atoms with Gasteiger partial charge in [-0.2, -0.15) is 0 Å². The SMILES string of the molecule is c1cc(-c2cccc3c2sc2ccccc23)cc(-n2c(-c3ccncc3)nc3c4ccccc4c4ccccc4c32)c1. The Morgan fingerprint density at radius 2 is 1.19 bits per heavy atom. The van der Waals surface area contributed by atoms with Crippen LogP contribution in [0.25, 0.3) is 81.0 Å². The van der Waals surface area contributed by atoms with Gasteiger partial charge in [0.25, 0.3) is 0 Å². The number of hydrogen-bond acceptors (Lipinski definition) is 3. The standard InChI is InChI=1S/C38H23N3S/c1-3-14-31-28(11-1)29-12-2-4-15-32(29)36-35(31)40-38(24-19-21-39-22-20-24)41(36)26-10-7-9-25(23-26)27-16-8-17-33-30-13-5-6-18-34(30)42-37(27)33/h1-23H. The fourth-order valence-electron chi connectivity index (χ4n) is 6.44. The average Bonchev–Trinajstić information content (AvgIpc) is 3.65. The Labute approximate surface area is 246 Å². The van der Waals surface area contributed by atoms with Gasteiger partial charge in [0.1, 0.15) is 5.82 Å². The first kappa shape index (κ1) is 23.4. The smallest absolute Gasteiger partial charge is 0.145 e. The molecule has 0 radical (unpaired) electrons. The molecule has 3 nitrogen and oxygen atoms in total. The normalized spacial score (nSPS) is 11.8. The molecule has 0 N–H and O–H groups in total. The van der Waals surface area contributed by atoms with Crippen molar-refractivity contribution in [2.45, 2.75) is 0 Å². The van der Waals surface area contributed by atoms with Crippen LogP contribution >= 0.6 is 11.3 Å². The summed E-state index contributed by atoms with van der Waals surface area (Å²) in [6.07, 6.45) is 3.68. The van der Waals surface area contributed by atoms with Crippen LogP contribution in [0.15, 0.2) is 140 Å². The van der Waals surface area contributed by atoms with Crippen LogP contribution in [-0.4, -0.2) is 14.5 Å². The van der Waals surface area contributed by atoms with E-state index in [1.54, 1.807) is 0 Å². The summed E-state index contributed by atoms with van der Waals surface area (Å²) in [4.78, 5) is 9.65. The predicted octanol–water partition coefficient (Wildman–Crippen LogP) is 10.4. The zero-order chi connectivity index (χ0) is 27.6. The minimum absolute atomic E-state index is 0.908. The lowest BCUT2D eigenvalue weighted by atomic mass is 9.99. The summed E-state index contributed by atoms with van der Waals surface area (Å²) in [7, 11) is 0. The molecule has 0 saturated carbocycles. The van der Waals surface area contributed by atoms with Crippen molar-refractivity contribution in [3.05, 3.63) is 140 Å². The Balaban J connectivity index is 1.38. The summed E-state index contributed by atoms with van der Waals surface area (Å²) in [5.74, 6) is 0.908. The molecule has 9 rings (SSSR count). The highest BCUT2D eigenvalue weighted by atomic mass is 32.1. The number of nitrogens with zero attached hydrogens (tertiary/aromatic N) is 3. The van der Waals surface area contributed by atoms with Crippen molar-refractivity contribution in [1.29, 1.82) is 0 Å². The molecule has 42 heavy (non-hydrogen) atoms. The molecule has 0 spiro atoms. The largest absolute Gasteiger partial charge is 0.292 e. The van der Waals surface area contributed by atoms with Crippen LogP contribution in [0.2, 0.25) is 0 Å². The van der Waals surface area contributed by atoms with Gasteiger partial charge in [-0.25, -0.2) is 4.98 Å². The number of rotatable bonds is 3. The van der Waals surface area contributed by atoms with E-state index in [4.69, 9.17) is 4.98 Å². The average molecular weight is 554 g/mol. The molecule has 0 atom stereocenters. The van der Waals surface area contributed by atoms with Gasteiger partial charge in [-0.15, -0.1) is 11.3 Å². The van der Waals surface area contributed by atoms with Crippen LogP contribution in [0.1, 0.15) is 0 Å². The highest BCUT2D eigenvalue weighted by Crippen LogP contribution is 2.42. The zero-order valence-electron chi connectivity index (χ0n) is 22.5. The highest BCUT2D eigenvalue weighted by molar-refractivity contribution is 7.26. The molecule has 0 unspecified atom stereocenters. The van der Waals surface area contributed by atoms with Gasteiger partial charge < -0.3 is 0 Å². The molecule has 9 aromatic rings. The summed E-state index contributed by atoms with van der Waals surface area (Å²) in [5.41, 5.74) is 6.69. The lowest BCUT2D eigenvalue weighted by molar-refractivity contribution is 1.10. The highest BCUT2D eigenvalue weighted by Gasteiger charge is 2.20. The van der Waals surface area contributed by atoms with Gasteiger partial charge in [-0.05, 0) is 52.2 Å². The molecule has 196 valence electrons. The van der Waals surface area contributed by atoms with E-state index in [-0.39, 0.29) is 0 Å². The summed E-state index contributed by atoms with van der Waals surface area (Å²) in [6.45, 7) is 0. The van der Waals surface area contributed by atoms with Gasteiger partial charge in [-0.3, -0.25) is 9.55 Å². The molecule has 0 aliphatic rings. The monoisotopic (exact) mass is 553 g/mol. The van der Waals surface area contributed by atoms with Crippen molar-refractivity contribution in [3.63, 3.8) is 0 Å². The Kier molecular flexibility index (Phi) is 5.07. The summed E-state index contributed by atoms with van der Waals surface area (Å²) in [6, 6.07) is 45.6. The van der Waals surface area contributed by atoms with E-state index in [9.17, 15) is 0 Å². The Morgan fingerprint density at radius 1 is 0.524 bits per heavy atom. The number of aromatic nitrogens is 3. The predicted molar refractivity (Wildman–Crippen MR) is 178 cm³/mol. The van der Waals surface area contributed by atoms with Crippen LogP contribution in [0.3, 0.4) is 0 Å². The Morgan fingerprint density at radius 3 is 2.02 bits per heavy atom. The van der Waals surface area contributed by atoms with Gasteiger partial charge in [0, 0.05) is 54.6 Å². The molecule has 6 aromatic carbocycles. The summed E-state index contributed by atoms with van der Waals surface area (Å²) >= 11 is 1.87. The molecule has 0 aliphatic heterocycles. The van der Waals surface area contributed by atoms with Crippen molar-refractivity contribution in [3.8, 4) is 28.2 Å². The maximum absolute atomic E-state index is 5.36. The Bertz CT molecular complexity index is 2470. The second-order valence-electron chi connectivity index (χ2n) is 10.6. The first-order valence-corrected chi connectivity index (χ1v) is 14.9. The molecule has 0 amide bonds. The van der Waals surface area contributed by atoms with Gasteiger partial charge in [0.2, 0.25) is 0 Å². The molecule has 0 fully saturated rings. The first-order chi connectivity index (χ1) is 20.8. The number of pyridine rings is 1. The van der Waals surface area contributed by atoms with Gasteiger partial charge in [0.05, 0.1) is 11.0 Å². The lowest BCUT2D eigenvalue weighted by Gasteiger charge is -2.14. The number of thiophene rings is 1. The third-order valence-corrected chi connectivity index (χ3v) is 9.51.